The third-order valence-electron chi connectivity index (χ3n) is 3.90. The van der Waals surface area contributed by atoms with Crippen LogP contribution in [-0.2, 0) is 0 Å². The normalized spacial score (nSPS) is 25.5. The molecule has 1 N–H and O–H groups in total. The van der Waals surface area contributed by atoms with Gasteiger partial charge < -0.3 is 10.2 Å². The molecular formula is C15H30N2. The summed E-state index contributed by atoms with van der Waals surface area (Å²) in [6.07, 6.45) is 6.53. The lowest BCUT2D eigenvalue weighted by atomic mass is 9.97. The van der Waals surface area contributed by atoms with E-state index in [1.807, 2.05) is 0 Å². The van der Waals surface area contributed by atoms with Crippen LogP contribution in [0.25, 0.3) is 0 Å². The molecule has 1 rings (SSSR count). The van der Waals surface area contributed by atoms with Crippen molar-refractivity contribution in [2.24, 2.45) is 11.8 Å². The van der Waals surface area contributed by atoms with Gasteiger partial charge in [-0.3, -0.25) is 0 Å². The van der Waals surface area contributed by atoms with Crippen LogP contribution in [0.15, 0.2) is 12.4 Å². The number of nitrogens with zero attached hydrogens (tertiary/aromatic N) is 1. The van der Waals surface area contributed by atoms with Crippen LogP contribution < -0.4 is 5.32 Å². The van der Waals surface area contributed by atoms with E-state index in [0.717, 1.165) is 24.2 Å². The largest absolute Gasteiger partial charge is 0.372 e. The van der Waals surface area contributed by atoms with Crippen molar-refractivity contribution in [2.45, 2.75) is 52.9 Å². The summed E-state index contributed by atoms with van der Waals surface area (Å²) in [7, 11) is 0. The minimum atomic E-state index is 0.802. The zero-order chi connectivity index (χ0) is 12.7. The molecule has 0 aromatic rings. The number of rotatable bonds is 6. The second-order valence-corrected chi connectivity index (χ2v) is 5.59. The SMILES string of the molecule is C=C(NCCCC)N1CC(C)CCC(CC)C1. The first-order chi connectivity index (χ1) is 8.17. The minimum absolute atomic E-state index is 0.802. The number of hydrogen-bond donors (Lipinski definition) is 1. The number of nitrogens with one attached hydrogen (secondary N) is 1. The van der Waals surface area contributed by atoms with Crippen LogP contribution in [0.2, 0.25) is 0 Å². The van der Waals surface area contributed by atoms with Crippen LogP contribution in [0.5, 0.6) is 0 Å². The summed E-state index contributed by atoms with van der Waals surface area (Å²) in [5, 5.41) is 3.48. The Morgan fingerprint density at radius 2 is 2.06 bits per heavy atom. The Bertz CT molecular complexity index is 225. The minimum Gasteiger partial charge on any atom is -0.372 e. The van der Waals surface area contributed by atoms with Gasteiger partial charge in [0, 0.05) is 19.6 Å². The number of hydrogen-bond acceptors (Lipinski definition) is 2. The summed E-state index contributed by atoms with van der Waals surface area (Å²) >= 11 is 0. The van der Waals surface area contributed by atoms with Gasteiger partial charge in [0.05, 0.1) is 5.82 Å². The van der Waals surface area contributed by atoms with Gasteiger partial charge in [0.25, 0.3) is 0 Å². The van der Waals surface area contributed by atoms with E-state index < -0.39 is 0 Å². The summed E-state index contributed by atoms with van der Waals surface area (Å²) in [6, 6.07) is 0. The Morgan fingerprint density at radius 3 is 2.71 bits per heavy atom. The zero-order valence-corrected chi connectivity index (χ0v) is 12.0. The van der Waals surface area contributed by atoms with Crippen molar-refractivity contribution < 1.29 is 0 Å². The molecule has 100 valence electrons. The van der Waals surface area contributed by atoms with Crippen molar-refractivity contribution in [3.05, 3.63) is 12.4 Å². The molecule has 1 aliphatic heterocycles. The lowest BCUT2D eigenvalue weighted by Crippen LogP contribution is -2.36. The lowest BCUT2D eigenvalue weighted by molar-refractivity contribution is 0.269. The average Bonchev–Trinajstić information content (AvgIpc) is 2.51. The van der Waals surface area contributed by atoms with Crippen molar-refractivity contribution in [3.8, 4) is 0 Å². The van der Waals surface area contributed by atoms with E-state index in [0.29, 0.717) is 0 Å². The molecule has 2 atom stereocenters. The maximum atomic E-state index is 4.21. The summed E-state index contributed by atoms with van der Waals surface area (Å²) < 4.78 is 0. The van der Waals surface area contributed by atoms with Gasteiger partial charge >= 0.3 is 0 Å². The molecule has 2 nitrogen and oxygen atoms in total. The van der Waals surface area contributed by atoms with Crippen LogP contribution >= 0.6 is 0 Å². The van der Waals surface area contributed by atoms with Crippen molar-refractivity contribution in [1.82, 2.24) is 10.2 Å². The molecule has 1 heterocycles. The Balaban J connectivity index is 2.44. The molecule has 0 aliphatic carbocycles. The maximum Gasteiger partial charge on any atom is 0.0938 e. The standard InChI is InChI=1S/C15H30N2/c1-5-7-10-16-14(4)17-11-13(3)8-9-15(6-2)12-17/h13,15-16H,4-12H2,1-3H3. The van der Waals surface area contributed by atoms with Crippen LogP contribution in [0, 0.1) is 11.8 Å². The van der Waals surface area contributed by atoms with Gasteiger partial charge in [0.2, 0.25) is 0 Å². The second-order valence-electron chi connectivity index (χ2n) is 5.59. The molecule has 1 saturated heterocycles. The molecule has 2 unspecified atom stereocenters. The summed E-state index contributed by atoms with van der Waals surface area (Å²) in [6.45, 7) is 14.5. The Labute approximate surface area is 107 Å². The van der Waals surface area contributed by atoms with Gasteiger partial charge in [0.1, 0.15) is 0 Å². The molecule has 0 spiro atoms. The molecule has 0 aromatic heterocycles. The summed E-state index contributed by atoms with van der Waals surface area (Å²) in [4.78, 5) is 2.47. The van der Waals surface area contributed by atoms with Crippen LogP contribution in [0.3, 0.4) is 0 Å². The second kappa shape index (κ2) is 7.62. The first-order valence-electron chi connectivity index (χ1n) is 7.35. The van der Waals surface area contributed by atoms with E-state index in [1.165, 1.54) is 45.2 Å². The fourth-order valence-corrected chi connectivity index (χ4v) is 2.54. The average molecular weight is 238 g/mol. The van der Waals surface area contributed by atoms with Crippen LogP contribution in [0.1, 0.15) is 52.9 Å². The summed E-state index contributed by atoms with van der Waals surface area (Å²) in [5.41, 5.74) is 0. The van der Waals surface area contributed by atoms with E-state index in [9.17, 15) is 0 Å². The molecule has 2 heteroatoms. The Hall–Kier alpha value is -0.660. The van der Waals surface area contributed by atoms with E-state index in [2.05, 4.69) is 37.6 Å². The van der Waals surface area contributed by atoms with Crippen molar-refractivity contribution >= 4 is 0 Å². The first kappa shape index (κ1) is 14.4. The molecule has 0 aromatic carbocycles. The van der Waals surface area contributed by atoms with E-state index in [4.69, 9.17) is 0 Å². The highest BCUT2D eigenvalue weighted by molar-refractivity contribution is 4.93. The molecule has 1 aliphatic rings. The molecule has 0 radical (unpaired) electrons. The predicted molar refractivity (Wildman–Crippen MR) is 75.8 cm³/mol. The molecular weight excluding hydrogens is 208 g/mol. The smallest absolute Gasteiger partial charge is 0.0938 e. The first-order valence-corrected chi connectivity index (χ1v) is 7.35. The lowest BCUT2D eigenvalue weighted by Gasteiger charge is -2.29. The van der Waals surface area contributed by atoms with Crippen molar-refractivity contribution in [1.29, 1.82) is 0 Å². The number of likely N-dealkylation sites (tertiary alicyclic amines) is 1. The molecule has 0 amide bonds. The molecule has 1 fully saturated rings. The van der Waals surface area contributed by atoms with E-state index in [1.54, 1.807) is 0 Å². The van der Waals surface area contributed by atoms with Gasteiger partial charge in [0.15, 0.2) is 0 Å². The van der Waals surface area contributed by atoms with Gasteiger partial charge in [-0.2, -0.15) is 0 Å². The van der Waals surface area contributed by atoms with E-state index in [-0.39, 0.29) is 0 Å². The summed E-state index contributed by atoms with van der Waals surface area (Å²) in [5.74, 6) is 2.80. The van der Waals surface area contributed by atoms with Gasteiger partial charge in [-0.25, -0.2) is 0 Å². The fraction of sp³-hybridized carbons (Fsp3) is 0.867. The molecule has 0 saturated carbocycles. The highest BCUT2D eigenvalue weighted by Crippen LogP contribution is 2.24. The molecule has 17 heavy (non-hydrogen) atoms. The van der Waals surface area contributed by atoms with Gasteiger partial charge in [-0.1, -0.05) is 40.2 Å². The monoisotopic (exact) mass is 238 g/mol. The van der Waals surface area contributed by atoms with Crippen LogP contribution in [0.4, 0.5) is 0 Å². The van der Waals surface area contributed by atoms with Gasteiger partial charge in [-0.05, 0) is 31.1 Å². The highest BCUT2D eigenvalue weighted by Gasteiger charge is 2.21. The van der Waals surface area contributed by atoms with Crippen LogP contribution in [-0.4, -0.2) is 24.5 Å². The zero-order valence-electron chi connectivity index (χ0n) is 12.0. The third kappa shape index (κ3) is 5.01. The number of unbranched alkanes of at least 4 members (excludes halogenated alkanes) is 1. The third-order valence-corrected chi connectivity index (χ3v) is 3.90. The van der Waals surface area contributed by atoms with Crippen molar-refractivity contribution in [3.63, 3.8) is 0 Å². The highest BCUT2D eigenvalue weighted by atomic mass is 15.2. The molecule has 0 bridgehead atoms. The maximum absolute atomic E-state index is 4.21. The fourth-order valence-electron chi connectivity index (χ4n) is 2.54. The topological polar surface area (TPSA) is 15.3 Å². The van der Waals surface area contributed by atoms with E-state index >= 15 is 0 Å². The Kier molecular flexibility index (Phi) is 6.46. The Morgan fingerprint density at radius 1 is 1.29 bits per heavy atom. The quantitative estimate of drug-likeness (QED) is 0.711. The van der Waals surface area contributed by atoms with Crippen molar-refractivity contribution in [2.75, 3.05) is 19.6 Å². The van der Waals surface area contributed by atoms with Gasteiger partial charge in [-0.15, -0.1) is 0 Å². The predicted octanol–water partition coefficient (Wildman–Crippen LogP) is 3.61.